The number of aryl methyl sites for hydroxylation is 1. The van der Waals surface area contributed by atoms with E-state index in [0.29, 0.717) is 18.8 Å². The average Bonchev–Trinajstić information content (AvgIpc) is 3.29. The molecule has 1 aromatic rings. The topological polar surface area (TPSA) is 55.8 Å². The normalized spacial score (nSPS) is 18.0. The lowest BCUT2D eigenvalue weighted by Gasteiger charge is -2.16. The van der Waals surface area contributed by atoms with Crippen LogP contribution in [-0.4, -0.2) is 24.8 Å². The van der Waals surface area contributed by atoms with Crippen molar-refractivity contribution in [3.05, 3.63) is 34.9 Å². The third-order valence-corrected chi connectivity index (χ3v) is 5.51. The van der Waals surface area contributed by atoms with Gasteiger partial charge in [0.15, 0.2) is 0 Å². The lowest BCUT2D eigenvalue weighted by atomic mass is 9.94. The van der Waals surface area contributed by atoms with Crippen LogP contribution in [0.4, 0.5) is 0 Å². The molecule has 2 aliphatic carbocycles. The summed E-state index contributed by atoms with van der Waals surface area (Å²) in [5, 5.41) is 8.84. The summed E-state index contributed by atoms with van der Waals surface area (Å²) in [5.74, 6) is 1.50. The number of carboxylic acids is 1. The predicted molar refractivity (Wildman–Crippen MR) is 97.3 cm³/mol. The highest BCUT2D eigenvalue weighted by Gasteiger charge is 2.25. The molecule has 3 rings (SSSR count). The van der Waals surface area contributed by atoms with Gasteiger partial charge in [-0.1, -0.05) is 24.5 Å². The van der Waals surface area contributed by atoms with Gasteiger partial charge in [-0.25, -0.2) is 0 Å². The van der Waals surface area contributed by atoms with Crippen LogP contribution in [0.25, 0.3) is 0 Å². The maximum Gasteiger partial charge on any atom is 0.303 e. The SMILES string of the molecule is COc1cc(OCC2=C(C3CCCC3)CCC2)ccc1CCC(=O)O. The Kier molecular flexibility index (Phi) is 6.00. The van der Waals surface area contributed by atoms with E-state index in [1.165, 1.54) is 50.5 Å². The lowest BCUT2D eigenvalue weighted by Crippen LogP contribution is -2.06. The minimum Gasteiger partial charge on any atom is -0.496 e. The molecule has 0 atom stereocenters. The van der Waals surface area contributed by atoms with Crippen molar-refractivity contribution in [2.24, 2.45) is 5.92 Å². The Bertz CT molecular complexity index is 641. The lowest BCUT2D eigenvalue weighted by molar-refractivity contribution is -0.136. The Labute approximate surface area is 149 Å². The molecule has 25 heavy (non-hydrogen) atoms. The molecule has 1 saturated carbocycles. The van der Waals surface area contributed by atoms with Crippen molar-refractivity contribution in [1.82, 2.24) is 0 Å². The van der Waals surface area contributed by atoms with Gasteiger partial charge in [0, 0.05) is 12.5 Å². The number of benzene rings is 1. The van der Waals surface area contributed by atoms with E-state index in [4.69, 9.17) is 14.6 Å². The van der Waals surface area contributed by atoms with E-state index in [1.54, 1.807) is 12.7 Å². The molecule has 136 valence electrons. The highest BCUT2D eigenvalue weighted by molar-refractivity contribution is 5.67. The maximum absolute atomic E-state index is 10.8. The molecule has 0 aliphatic heterocycles. The zero-order valence-electron chi connectivity index (χ0n) is 15.1. The van der Waals surface area contributed by atoms with Crippen LogP contribution in [-0.2, 0) is 11.2 Å². The number of ether oxygens (including phenoxy) is 2. The molecule has 4 heteroatoms. The Morgan fingerprint density at radius 2 is 2.00 bits per heavy atom. The molecule has 0 aromatic heterocycles. The van der Waals surface area contributed by atoms with Crippen molar-refractivity contribution >= 4 is 5.97 Å². The number of hydrogen-bond acceptors (Lipinski definition) is 3. The number of rotatable bonds is 8. The van der Waals surface area contributed by atoms with Gasteiger partial charge < -0.3 is 14.6 Å². The summed E-state index contributed by atoms with van der Waals surface area (Å²) in [6, 6.07) is 5.71. The van der Waals surface area contributed by atoms with Gasteiger partial charge in [-0.15, -0.1) is 0 Å². The first-order chi connectivity index (χ1) is 12.2. The number of carbonyl (C=O) groups is 1. The number of hydrogen-bond donors (Lipinski definition) is 1. The second-order valence-electron chi connectivity index (χ2n) is 7.12. The van der Waals surface area contributed by atoms with Crippen molar-refractivity contribution < 1.29 is 19.4 Å². The second-order valence-corrected chi connectivity index (χ2v) is 7.12. The standard InChI is InChI=1S/C21H28O4/c1-24-20-13-18(11-9-16(20)10-12-21(22)23)25-14-17-7-4-8-19(17)15-5-2-3-6-15/h9,11,13,15H,2-8,10,12,14H2,1H3,(H,22,23). The summed E-state index contributed by atoms with van der Waals surface area (Å²) in [6.07, 6.45) is 9.71. The predicted octanol–water partition coefficient (Wildman–Crippen LogP) is 4.76. The van der Waals surface area contributed by atoms with E-state index >= 15 is 0 Å². The highest BCUT2D eigenvalue weighted by atomic mass is 16.5. The van der Waals surface area contributed by atoms with Crippen LogP contribution in [0.3, 0.4) is 0 Å². The molecule has 0 spiro atoms. The van der Waals surface area contributed by atoms with Crippen molar-refractivity contribution in [2.75, 3.05) is 13.7 Å². The quantitative estimate of drug-likeness (QED) is 0.691. The molecule has 0 radical (unpaired) electrons. The van der Waals surface area contributed by atoms with Crippen LogP contribution in [0, 0.1) is 5.92 Å². The average molecular weight is 344 g/mol. The van der Waals surface area contributed by atoms with E-state index in [2.05, 4.69) is 0 Å². The van der Waals surface area contributed by atoms with Gasteiger partial charge in [-0.3, -0.25) is 4.79 Å². The van der Waals surface area contributed by atoms with Gasteiger partial charge >= 0.3 is 5.97 Å². The molecule has 1 aromatic carbocycles. The summed E-state index contributed by atoms with van der Waals surface area (Å²) >= 11 is 0. The van der Waals surface area contributed by atoms with Crippen LogP contribution in [0.5, 0.6) is 11.5 Å². The van der Waals surface area contributed by atoms with Gasteiger partial charge in [0.05, 0.1) is 7.11 Å². The molecule has 1 N–H and O–H groups in total. The van der Waals surface area contributed by atoms with Crippen molar-refractivity contribution in [3.63, 3.8) is 0 Å². The van der Waals surface area contributed by atoms with Gasteiger partial charge in [0.2, 0.25) is 0 Å². The van der Waals surface area contributed by atoms with E-state index in [1.807, 2.05) is 18.2 Å². The number of methoxy groups -OCH3 is 1. The largest absolute Gasteiger partial charge is 0.496 e. The van der Waals surface area contributed by atoms with E-state index < -0.39 is 5.97 Å². The van der Waals surface area contributed by atoms with Crippen LogP contribution < -0.4 is 9.47 Å². The summed E-state index contributed by atoms with van der Waals surface area (Å²) < 4.78 is 11.5. The van der Waals surface area contributed by atoms with Crippen molar-refractivity contribution in [2.45, 2.75) is 57.8 Å². The fourth-order valence-corrected chi connectivity index (χ4v) is 4.19. The molecule has 0 unspecified atom stereocenters. The fraction of sp³-hybridized carbons (Fsp3) is 0.571. The smallest absolute Gasteiger partial charge is 0.303 e. The maximum atomic E-state index is 10.8. The summed E-state index contributed by atoms with van der Waals surface area (Å²) in [5.41, 5.74) is 4.08. The monoisotopic (exact) mass is 344 g/mol. The Hall–Kier alpha value is -1.97. The Balaban J connectivity index is 1.64. The Morgan fingerprint density at radius 3 is 2.72 bits per heavy atom. The summed E-state index contributed by atoms with van der Waals surface area (Å²) in [4.78, 5) is 10.8. The van der Waals surface area contributed by atoms with Crippen LogP contribution >= 0.6 is 0 Å². The zero-order chi connectivity index (χ0) is 17.6. The van der Waals surface area contributed by atoms with Gasteiger partial charge in [-0.05, 0) is 61.6 Å². The van der Waals surface area contributed by atoms with Gasteiger partial charge in [0.25, 0.3) is 0 Å². The minimum atomic E-state index is -0.796. The van der Waals surface area contributed by atoms with Gasteiger partial charge in [-0.2, -0.15) is 0 Å². The minimum absolute atomic E-state index is 0.105. The zero-order valence-corrected chi connectivity index (χ0v) is 15.1. The summed E-state index contributed by atoms with van der Waals surface area (Å²) in [7, 11) is 1.61. The number of aliphatic carboxylic acids is 1. The first-order valence-electron chi connectivity index (χ1n) is 9.39. The number of carboxylic acid groups (broad SMARTS) is 1. The number of allylic oxidation sites excluding steroid dienone is 1. The van der Waals surface area contributed by atoms with E-state index in [0.717, 1.165) is 17.2 Å². The molecule has 0 heterocycles. The van der Waals surface area contributed by atoms with Crippen LogP contribution in [0.15, 0.2) is 29.3 Å². The molecule has 4 nitrogen and oxygen atoms in total. The molecular weight excluding hydrogens is 316 g/mol. The van der Waals surface area contributed by atoms with Crippen molar-refractivity contribution in [1.29, 1.82) is 0 Å². The first-order valence-corrected chi connectivity index (χ1v) is 9.39. The highest BCUT2D eigenvalue weighted by Crippen LogP contribution is 2.40. The van der Waals surface area contributed by atoms with Crippen molar-refractivity contribution in [3.8, 4) is 11.5 Å². The molecule has 0 saturated heterocycles. The summed E-state index contributed by atoms with van der Waals surface area (Å²) in [6.45, 7) is 0.670. The first kappa shape index (κ1) is 17.8. The fourth-order valence-electron chi connectivity index (χ4n) is 4.19. The van der Waals surface area contributed by atoms with E-state index in [-0.39, 0.29) is 6.42 Å². The van der Waals surface area contributed by atoms with Gasteiger partial charge in [0.1, 0.15) is 18.1 Å². The second kappa shape index (κ2) is 8.41. The molecule has 2 aliphatic rings. The molecule has 0 amide bonds. The van der Waals surface area contributed by atoms with E-state index in [9.17, 15) is 4.79 Å². The van der Waals surface area contributed by atoms with Crippen LogP contribution in [0.1, 0.15) is 56.9 Å². The third kappa shape index (κ3) is 4.56. The third-order valence-electron chi connectivity index (χ3n) is 5.51. The molecule has 0 bridgehead atoms. The molecular formula is C21H28O4. The Morgan fingerprint density at radius 1 is 1.20 bits per heavy atom. The molecule has 1 fully saturated rings. The van der Waals surface area contributed by atoms with Crippen LogP contribution in [0.2, 0.25) is 0 Å².